The van der Waals surface area contributed by atoms with Gasteiger partial charge in [0.15, 0.2) is 5.78 Å². The number of carbonyl (C=O) groups excluding carboxylic acids is 3. The molecule has 0 bridgehead atoms. The Balaban J connectivity index is 1.29. The van der Waals surface area contributed by atoms with Crippen LogP contribution >= 0.6 is 0 Å². The monoisotopic (exact) mass is 550 g/mol. The predicted molar refractivity (Wildman–Crippen MR) is 155 cm³/mol. The van der Waals surface area contributed by atoms with E-state index in [0.29, 0.717) is 23.3 Å². The van der Waals surface area contributed by atoms with Gasteiger partial charge in [0.2, 0.25) is 11.8 Å². The van der Waals surface area contributed by atoms with Crippen molar-refractivity contribution < 1.29 is 14.4 Å². The minimum absolute atomic E-state index is 0.0288. The normalized spacial score (nSPS) is 21.9. The molecule has 2 aromatic carbocycles. The highest BCUT2D eigenvalue weighted by atomic mass is 16.2. The Labute approximate surface area is 239 Å². The Morgan fingerprint density at radius 3 is 2.44 bits per heavy atom. The molecule has 3 heterocycles. The molecule has 6 rings (SSSR count). The zero-order valence-corrected chi connectivity index (χ0v) is 24.0. The number of benzene rings is 2. The van der Waals surface area contributed by atoms with Gasteiger partial charge in [-0.25, -0.2) is 9.97 Å². The van der Waals surface area contributed by atoms with E-state index in [1.54, 1.807) is 22.0 Å². The number of nitrogens with one attached hydrogen (secondary N) is 1. The van der Waals surface area contributed by atoms with Crippen LogP contribution in [0.25, 0.3) is 22.0 Å². The fourth-order valence-corrected chi connectivity index (χ4v) is 6.31. The summed E-state index contributed by atoms with van der Waals surface area (Å²) in [6.45, 7) is 9.30. The lowest BCUT2D eigenvalue weighted by atomic mass is 10.0. The second kappa shape index (κ2) is 9.90. The van der Waals surface area contributed by atoms with Crippen LogP contribution in [0.1, 0.15) is 67.1 Å². The fraction of sp³-hybridized carbons (Fsp3) is 0.375. The van der Waals surface area contributed by atoms with Gasteiger partial charge in [-0.05, 0) is 67.9 Å². The zero-order chi connectivity index (χ0) is 29.1. The molecule has 1 saturated carbocycles. The Bertz CT molecular complexity index is 1680. The van der Waals surface area contributed by atoms with Crippen molar-refractivity contribution >= 4 is 28.5 Å². The molecule has 1 saturated heterocycles. The van der Waals surface area contributed by atoms with E-state index in [4.69, 9.17) is 0 Å². The lowest BCUT2D eigenvalue weighted by molar-refractivity contribution is -0.140. The highest BCUT2D eigenvalue weighted by molar-refractivity contribution is 6.07. The summed E-state index contributed by atoms with van der Waals surface area (Å²) < 4.78 is 1.62. The van der Waals surface area contributed by atoms with Crippen molar-refractivity contribution in [3.05, 3.63) is 77.5 Å². The van der Waals surface area contributed by atoms with Crippen molar-refractivity contribution in [2.45, 2.75) is 72.1 Å². The third-order valence-electron chi connectivity index (χ3n) is 8.65. The van der Waals surface area contributed by atoms with Crippen LogP contribution in [0.15, 0.2) is 54.9 Å². The quantitative estimate of drug-likeness (QED) is 0.338. The van der Waals surface area contributed by atoms with Crippen LogP contribution in [0.5, 0.6) is 0 Å². The van der Waals surface area contributed by atoms with E-state index in [2.05, 4.69) is 27.3 Å². The van der Waals surface area contributed by atoms with Crippen molar-refractivity contribution in [3.8, 4) is 11.1 Å². The molecule has 2 amide bonds. The molecule has 1 N–H and O–H groups in total. The second-order valence-corrected chi connectivity index (χ2v) is 11.8. The summed E-state index contributed by atoms with van der Waals surface area (Å²) in [4.78, 5) is 50.4. The fourth-order valence-electron chi connectivity index (χ4n) is 6.31. The molecule has 9 heteroatoms. The number of hydrogen-bond acceptors (Lipinski definition) is 6. The first-order valence-electron chi connectivity index (χ1n) is 14.0. The van der Waals surface area contributed by atoms with Crippen molar-refractivity contribution in [1.82, 2.24) is 30.0 Å². The second-order valence-electron chi connectivity index (χ2n) is 11.8. The maximum Gasteiger partial charge on any atom is 0.245 e. The molecular weight excluding hydrogens is 516 g/mol. The molecule has 0 unspecified atom stereocenters. The van der Waals surface area contributed by atoms with Gasteiger partial charge in [0.25, 0.3) is 0 Å². The predicted octanol–water partition coefficient (Wildman–Crippen LogP) is 4.57. The number of fused-ring (bicyclic) bond motifs is 2. The van der Waals surface area contributed by atoms with Crippen LogP contribution in [-0.2, 0) is 16.1 Å². The summed E-state index contributed by atoms with van der Waals surface area (Å²) in [5, 5.41) is 8.41. The van der Waals surface area contributed by atoms with Gasteiger partial charge >= 0.3 is 0 Å². The third-order valence-corrected chi connectivity index (χ3v) is 8.65. The van der Waals surface area contributed by atoms with E-state index < -0.39 is 6.04 Å². The Morgan fingerprint density at radius 2 is 1.76 bits per heavy atom. The lowest BCUT2D eigenvalue weighted by Gasteiger charge is -2.28. The van der Waals surface area contributed by atoms with Crippen molar-refractivity contribution in [2.24, 2.45) is 5.41 Å². The molecule has 1 aliphatic heterocycles. The topological polar surface area (TPSA) is 110 Å². The number of hydrogen-bond donors (Lipinski definition) is 1. The number of aromatic nitrogens is 4. The van der Waals surface area contributed by atoms with Crippen LogP contribution in [-0.4, -0.2) is 54.3 Å². The highest BCUT2D eigenvalue weighted by Gasteiger charge is 2.64. The average molecular weight is 551 g/mol. The highest BCUT2D eigenvalue weighted by Crippen LogP contribution is 2.59. The van der Waals surface area contributed by atoms with Gasteiger partial charge in [-0.2, -0.15) is 5.10 Å². The summed E-state index contributed by atoms with van der Waals surface area (Å²) in [5.41, 5.74) is 4.61. The molecule has 4 aromatic rings. The summed E-state index contributed by atoms with van der Waals surface area (Å²) in [7, 11) is 0. The molecule has 0 radical (unpaired) electrons. The van der Waals surface area contributed by atoms with Gasteiger partial charge in [0, 0.05) is 36.3 Å². The zero-order valence-electron chi connectivity index (χ0n) is 24.0. The minimum Gasteiger partial charge on any atom is -0.348 e. The number of likely N-dealkylation sites (tertiary alicyclic amines) is 1. The number of amides is 2. The van der Waals surface area contributed by atoms with Crippen LogP contribution in [0.2, 0.25) is 0 Å². The van der Waals surface area contributed by atoms with E-state index >= 15 is 0 Å². The van der Waals surface area contributed by atoms with E-state index in [9.17, 15) is 14.4 Å². The largest absolute Gasteiger partial charge is 0.348 e. The van der Waals surface area contributed by atoms with E-state index in [0.717, 1.165) is 34.2 Å². The lowest BCUT2D eigenvalue weighted by Crippen LogP contribution is -2.49. The summed E-state index contributed by atoms with van der Waals surface area (Å²) >= 11 is 0. The number of nitrogens with zero attached hydrogens (tertiary/aromatic N) is 5. The number of rotatable bonds is 7. The molecule has 2 aromatic heterocycles. The molecule has 0 spiro atoms. The van der Waals surface area contributed by atoms with E-state index in [-0.39, 0.29) is 41.6 Å². The van der Waals surface area contributed by atoms with Gasteiger partial charge < -0.3 is 10.2 Å². The first-order chi connectivity index (χ1) is 19.6. The van der Waals surface area contributed by atoms with Gasteiger partial charge in [0.05, 0.1) is 11.6 Å². The maximum atomic E-state index is 13.9. The van der Waals surface area contributed by atoms with Gasteiger partial charge in [-0.3, -0.25) is 19.1 Å². The number of aryl methyl sites for hydroxylation is 2. The summed E-state index contributed by atoms with van der Waals surface area (Å²) in [5.74, 6) is 0.191. The molecule has 210 valence electrons. The summed E-state index contributed by atoms with van der Waals surface area (Å²) in [6.07, 6.45) is 5.04. The van der Waals surface area contributed by atoms with Gasteiger partial charge in [-0.1, -0.05) is 37.3 Å². The van der Waals surface area contributed by atoms with E-state index in [1.165, 1.54) is 6.92 Å². The molecular formula is C32H34N6O3. The van der Waals surface area contributed by atoms with Crippen LogP contribution in [0, 0.1) is 19.3 Å². The SMILES string of the molecule is CC(=O)c1nn(CC(=O)N2[C@H](C(=O)N[C@H](C)c3ccccc3)C[C@@]3(C)C[C@@H]23)c2c(C)cc(-c3cnc(C)nc3)cc12. The first kappa shape index (κ1) is 26.8. The average Bonchev–Trinajstić information content (AvgIpc) is 3.30. The molecule has 9 nitrogen and oxygen atoms in total. The van der Waals surface area contributed by atoms with E-state index in [1.807, 2.05) is 63.2 Å². The standard InChI is InChI=1S/C32H34N6O3/c1-18-11-23(24-15-33-21(4)34-16-24)12-25-29(20(3)39)36-37(30(18)25)17-28(40)38-26(13-32(5)14-27(32)38)31(41)35-19(2)22-9-7-6-8-10-22/h6-12,15-16,19,26-27H,13-14,17H2,1-5H3,(H,35,41)/t19-,26+,27-,32+/m1/s1. The van der Waals surface area contributed by atoms with Gasteiger partial charge in [0.1, 0.15) is 24.1 Å². The molecule has 4 atom stereocenters. The van der Waals surface area contributed by atoms with Crippen LogP contribution in [0.3, 0.4) is 0 Å². The molecule has 2 fully saturated rings. The number of ketones is 1. The third kappa shape index (κ3) is 4.79. The van der Waals surface area contributed by atoms with Gasteiger partial charge in [-0.15, -0.1) is 0 Å². The first-order valence-corrected chi connectivity index (χ1v) is 14.0. The number of Topliss-reactive ketones (excluding diaryl/α,β-unsaturated/α-hetero) is 1. The Morgan fingerprint density at radius 1 is 1.05 bits per heavy atom. The number of carbonyl (C=O) groups is 3. The molecule has 2 aliphatic rings. The van der Waals surface area contributed by atoms with Crippen molar-refractivity contribution in [3.63, 3.8) is 0 Å². The van der Waals surface area contributed by atoms with Crippen molar-refractivity contribution in [2.75, 3.05) is 0 Å². The van der Waals surface area contributed by atoms with Crippen LogP contribution < -0.4 is 5.32 Å². The smallest absolute Gasteiger partial charge is 0.245 e. The van der Waals surface area contributed by atoms with Crippen LogP contribution in [0.4, 0.5) is 0 Å². The minimum atomic E-state index is -0.541. The summed E-state index contributed by atoms with van der Waals surface area (Å²) in [6, 6.07) is 13.0. The Kier molecular flexibility index (Phi) is 6.47. The molecule has 41 heavy (non-hydrogen) atoms. The molecule has 1 aliphatic carbocycles. The number of piperidine rings is 1. The maximum absolute atomic E-state index is 13.9. The van der Waals surface area contributed by atoms with Crippen molar-refractivity contribution in [1.29, 1.82) is 0 Å². The Hall–Kier alpha value is -4.40.